The van der Waals surface area contributed by atoms with Crippen LogP contribution in [0.5, 0.6) is 0 Å². The molecule has 0 bridgehead atoms. The molecule has 0 aliphatic carbocycles. The van der Waals surface area contributed by atoms with Crippen LogP contribution in [0.4, 0.5) is 0 Å². The summed E-state index contributed by atoms with van der Waals surface area (Å²) in [5, 5.41) is 15.8. The molecule has 1 aromatic heterocycles. The van der Waals surface area contributed by atoms with Crippen molar-refractivity contribution < 1.29 is 0 Å². The number of aromatic nitrogens is 3. The molecule has 0 fully saturated rings. The average Bonchev–Trinajstić information content (AvgIpc) is 3.05. The van der Waals surface area contributed by atoms with Gasteiger partial charge in [0.25, 0.3) is 0 Å². The Morgan fingerprint density at radius 1 is 1.27 bits per heavy atom. The van der Waals surface area contributed by atoms with E-state index in [1.165, 1.54) is 0 Å². The van der Waals surface area contributed by atoms with Crippen molar-refractivity contribution in [2.45, 2.75) is 39.8 Å². The SMILES string of the molecule is CCNC(=NCCn1cnnc1CC)NC(C)c1ccc(Cl)c(Cl)c1.I. The molecule has 0 saturated heterocycles. The molecule has 1 aromatic carbocycles. The summed E-state index contributed by atoms with van der Waals surface area (Å²) in [6.07, 6.45) is 2.60. The smallest absolute Gasteiger partial charge is 0.191 e. The van der Waals surface area contributed by atoms with Crippen LogP contribution < -0.4 is 10.6 Å². The highest BCUT2D eigenvalue weighted by Gasteiger charge is 2.10. The summed E-state index contributed by atoms with van der Waals surface area (Å²) in [4.78, 5) is 4.63. The van der Waals surface area contributed by atoms with Crippen molar-refractivity contribution in [1.82, 2.24) is 25.4 Å². The number of halogens is 3. The summed E-state index contributed by atoms with van der Waals surface area (Å²) in [6, 6.07) is 5.68. The predicted octanol–water partition coefficient (Wildman–Crippen LogP) is 4.08. The van der Waals surface area contributed by atoms with E-state index in [-0.39, 0.29) is 30.0 Å². The summed E-state index contributed by atoms with van der Waals surface area (Å²) in [5.74, 6) is 1.73. The molecule has 0 saturated carbocycles. The largest absolute Gasteiger partial charge is 0.357 e. The van der Waals surface area contributed by atoms with Crippen LogP contribution in [0, 0.1) is 0 Å². The van der Waals surface area contributed by atoms with E-state index >= 15 is 0 Å². The maximum Gasteiger partial charge on any atom is 0.191 e. The monoisotopic (exact) mass is 510 g/mol. The average molecular weight is 511 g/mol. The van der Waals surface area contributed by atoms with Crippen LogP contribution >= 0.6 is 47.2 Å². The number of aliphatic imine (C=N–C) groups is 1. The molecule has 1 atom stereocenters. The number of rotatable bonds is 7. The van der Waals surface area contributed by atoms with Gasteiger partial charge < -0.3 is 15.2 Å². The van der Waals surface area contributed by atoms with Crippen LogP contribution in [0.15, 0.2) is 29.5 Å². The molecule has 1 unspecified atom stereocenters. The Kier molecular flexibility index (Phi) is 10.3. The van der Waals surface area contributed by atoms with E-state index in [1.807, 2.05) is 23.6 Å². The molecule has 0 aliphatic heterocycles. The molecular weight excluding hydrogens is 486 g/mol. The molecule has 2 rings (SSSR count). The molecule has 9 heteroatoms. The second-order valence-corrected chi connectivity index (χ2v) is 6.41. The van der Waals surface area contributed by atoms with Crippen LogP contribution in [0.1, 0.15) is 38.2 Å². The summed E-state index contributed by atoms with van der Waals surface area (Å²) in [6.45, 7) is 8.32. The standard InChI is InChI=1S/C17H24Cl2N6.HI/c1-4-16-24-22-11-25(16)9-8-21-17(20-5-2)23-12(3)13-6-7-14(18)15(19)10-13;/h6-7,10-12H,4-5,8-9H2,1-3H3,(H2,20,21,23);1H. The van der Waals surface area contributed by atoms with Gasteiger partial charge in [-0.3, -0.25) is 4.99 Å². The minimum Gasteiger partial charge on any atom is -0.357 e. The van der Waals surface area contributed by atoms with Crippen LogP contribution in [0.25, 0.3) is 0 Å². The van der Waals surface area contributed by atoms with Crippen molar-refractivity contribution >= 4 is 53.1 Å². The third-order valence-corrected chi connectivity index (χ3v) is 4.50. The number of benzene rings is 1. The van der Waals surface area contributed by atoms with E-state index < -0.39 is 0 Å². The van der Waals surface area contributed by atoms with Gasteiger partial charge in [0.05, 0.1) is 22.6 Å². The predicted molar refractivity (Wildman–Crippen MR) is 119 cm³/mol. The molecule has 0 amide bonds. The third-order valence-electron chi connectivity index (χ3n) is 3.76. The second kappa shape index (κ2) is 11.6. The lowest BCUT2D eigenvalue weighted by Crippen LogP contribution is -2.39. The van der Waals surface area contributed by atoms with Crippen LogP contribution in [-0.2, 0) is 13.0 Å². The lowest BCUT2D eigenvalue weighted by atomic mass is 10.1. The van der Waals surface area contributed by atoms with E-state index in [0.29, 0.717) is 16.6 Å². The molecule has 6 nitrogen and oxygen atoms in total. The molecule has 0 radical (unpaired) electrons. The van der Waals surface area contributed by atoms with Gasteiger partial charge in [-0.2, -0.15) is 0 Å². The lowest BCUT2D eigenvalue weighted by molar-refractivity contribution is 0.650. The Hall–Kier alpha value is -1.06. The van der Waals surface area contributed by atoms with Gasteiger partial charge in [0, 0.05) is 19.5 Å². The zero-order chi connectivity index (χ0) is 18.2. The second-order valence-electron chi connectivity index (χ2n) is 5.59. The van der Waals surface area contributed by atoms with Gasteiger partial charge in [-0.05, 0) is 31.5 Å². The quantitative estimate of drug-likeness (QED) is 0.334. The first-order chi connectivity index (χ1) is 12.0. The van der Waals surface area contributed by atoms with E-state index in [4.69, 9.17) is 23.2 Å². The van der Waals surface area contributed by atoms with Gasteiger partial charge in [-0.1, -0.05) is 36.2 Å². The van der Waals surface area contributed by atoms with Crippen molar-refractivity contribution in [3.8, 4) is 0 Å². The molecular formula is C17H25Cl2IN6. The molecule has 2 N–H and O–H groups in total. The molecule has 0 aliphatic rings. The molecule has 144 valence electrons. The van der Waals surface area contributed by atoms with E-state index in [0.717, 1.165) is 36.9 Å². The number of aryl methyl sites for hydroxylation is 1. The Morgan fingerprint density at radius 2 is 2.04 bits per heavy atom. The van der Waals surface area contributed by atoms with E-state index in [2.05, 4.69) is 39.7 Å². The van der Waals surface area contributed by atoms with Crippen molar-refractivity contribution in [2.24, 2.45) is 4.99 Å². The van der Waals surface area contributed by atoms with Crippen molar-refractivity contribution in [3.63, 3.8) is 0 Å². The first-order valence-corrected chi connectivity index (χ1v) is 9.17. The number of nitrogens with one attached hydrogen (secondary N) is 2. The van der Waals surface area contributed by atoms with Gasteiger partial charge >= 0.3 is 0 Å². The van der Waals surface area contributed by atoms with Gasteiger partial charge in [0.1, 0.15) is 12.2 Å². The fourth-order valence-electron chi connectivity index (χ4n) is 2.40. The summed E-state index contributed by atoms with van der Waals surface area (Å²) in [7, 11) is 0. The molecule has 0 spiro atoms. The molecule has 1 heterocycles. The van der Waals surface area contributed by atoms with Crippen molar-refractivity contribution in [1.29, 1.82) is 0 Å². The third kappa shape index (κ3) is 6.59. The Balaban J connectivity index is 0.00000338. The highest BCUT2D eigenvalue weighted by Crippen LogP contribution is 2.25. The Morgan fingerprint density at radius 3 is 2.69 bits per heavy atom. The van der Waals surface area contributed by atoms with Crippen LogP contribution in [0.2, 0.25) is 10.0 Å². The van der Waals surface area contributed by atoms with E-state index in [9.17, 15) is 0 Å². The highest BCUT2D eigenvalue weighted by molar-refractivity contribution is 14.0. The Bertz CT molecular complexity index is 719. The van der Waals surface area contributed by atoms with Gasteiger partial charge in [-0.15, -0.1) is 34.2 Å². The lowest BCUT2D eigenvalue weighted by Gasteiger charge is -2.18. The topological polar surface area (TPSA) is 67.1 Å². The van der Waals surface area contributed by atoms with Crippen LogP contribution in [-0.4, -0.2) is 33.8 Å². The number of nitrogens with zero attached hydrogens (tertiary/aromatic N) is 4. The molecule has 2 aromatic rings. The number of hydrogen-bond donors (Lipinski definition) is 2. The van der Waals surface area contributed by atoms with Gasteiger partial charge in [-0.25, -0.2) is 0 Å². The first-order valence-electron chi connectivity index (χ1n) is 8.41. The summed E-state index contributed by atoms with van der Waals surface area (Å²) < 4.78 is 2.02. The van der Waals surface area contributed by atoms with Crippen LogP contribution in [0.3, 0.4) is 0 Å². The minimum atomic E-state index is 0. The maximum atomic E-state index is 6.10. The Labute approximate surface area is 181 Å². The molecule has 26 heavy (non-hydrogen) atoms. The van der Waals surface area contributed by atoms with E-state index in [1.54, 1.807) is 12.4 Å². The number of guanidine groups is 1. The minimum absolute atomic E-state index is 0. The normalized spacial score (nSPS) is 12.4. The first kappa shape index (κ1) is 23.0. The van der Waals surface area contributed by atoms with Gasteiger partial charge in [0.2, 0.25) is 0 Å². The van der Waals surface area contributed by atoms with Crippen molar-refractivity contribution in [2.75, 3.05) is 13.1 Å². The zero-order valence-corrected chi connectivity index (χ0v) is 19.0. The zero-order valence-electron chi connectivity index (χ0n) is 15.2. The number of hydrogen-bond acceptors (Lipinski definition) is 3. The highest BCUT2D eigenvalue weighted by atomic mass is 127. The van der Waals surface area contributed by atoms with Gasteiger partial charge in [0.15, 0.2) is 5.96 Å². The maximum absolute atomic E-state index is 6.10. The van der Waals surface area contributed by atoms with Crippen molar-refractivity contribution in [3.05, 3.63) is 46.0 Å². The summed E-state index contributed by atoms with van der Waals surface area (Å²) >= 11 is 12.1. The fraction of sp³-hybridized carbons (Fsp3) is 0.471. The summed E-state index contributed by atoms with van der Waals surface area (Å²) in [5.41, 5.74) is 1.05. The fourth-order valence-corrected chi connectivity index (χ4v) is 2.71.